The highest BCUT2D eigenvalue weighted by molar-refractivity contribution is 5.84. The van der Waals surface area contributed by atoms with Crippen LogP contribution in [0.5, 0.6) is 0 Å². The Morgan fingerprint density at radius 2 is 1.74 bits per heavy atom. The molecule has 5 heteroatoms. The lowest BCUT2D eigenvalue weighted by molar-refractivity contribution is -0.135. The van der Waals surface area contributed by atoms with E-state index in [1.807, 2.05) is 32.0 Å². The van der Waals surface area contributed by atoms with Gasteiger partial charge in [0, 0.05) is 18.8 Å². The van der Waals surface area contributed by atoms with Crippen LogP contribution in [0.2, 0.25) is 0 Å². The van der Waals surface area contributed by atoms with Crippen molar-refractivity contribution in [3.63, 3.8) is 0 Å². The smallest absolute Gasteiger partial charge is 0.323 e. The first kappa shape index (κ1) is 15.0. The van der Waals surface area contributed by atoms with Gasteiger partial charge < -0.3 is 14.9 Å². The van der Waals surface area contributed by atoms with Gasteiger partial charge in [0.2, 0.25) is 5.91 Å². The molecule has 0 aliphatic rings. The zero-order chi connectivity index (χ0) is 14.4. The molecular formula is C14H20N2O3. The average molecular weight is 264 g/mol. The molecule has 1 amide bonds. The topological polar surface area (TPSA) is 60.9 Å². The minimum Gasteiger partial charge on any atom is -0.480 e. The second-order valence-corrected chi connectivity index (χ2v) is 4.68. The summed E-state index contributed by atoms with van der Waals surface area (Å²) in [5.41, 5.74) is 0.732. The molecule has 0 fully saturated rings. The van der Waals surface area contributed by atoms with Crippen LogP contribution < -0.4 is 4.90 Å². The Morgan fingerprint density at radius 1 is 1.16 bits per heavy atom. The van der Waals surface area contributed by atoms with Crippen molar-refractivity contribution >= 4 is 17.6 Å². The number of hydrogen-bond acceptors (Lipinski definition) is 3. The molecule has 0 bridgehead atoms. The molecule has 0 heterocycles. The molecule has 1 aromatic carbocycles. The van der Waals surface area contributed by atoms with E-state index in [9.17, 15) is 9.59 Å². The number of aliphatic carboxylic acids is 1. The summed E-state index contributed by atoms with van der Waals surface area (Å²) in [6, 6.07) is 9.18. The van der Waals surface area contributed by atoms with Gasteiger partial charge in [0.05, 0.1) is 6.54 Å². The van der Waals surface area contributed by atoms with Crippen molar-refractivity contribution in [2.75, 3.05) is 25.0 Å². The van der Waals surface area contributed by atoms with E-state index in [-0.39, 0.29) is 25.0 Å². The number of para-hydroxylation sites is 1. The fourth-order valence-electron chi connectivity index (χ4n) is 1.60. The number of amides is 1. The lowest BCUT2D eigenvalue weighted by Gasteiger charge is -2.27. The van der Waals surface area contributed by atoms with Crippen molar-refractivity contribution in [1.82, 2.24) is 4.90 Å². The molecule has 1 rings (SSSR count). The van der Waals surface area contributed by atoms with Crippen molar-refractivity contribution in [3.8, 4) is 0 Å². The molecule has 1 N–H and O–H groups in total. The van der Waals surface area contributed by atoms with Crippen LogP contribution in [0.25, 0.3) is 0 Å². The molecule has 0 spiro atoms. The predicted octanol–water partition coefficient (Wildman–Crippen LogP) is 1.44. The van der Waals surface area contributed by atoms with Crippen LogP contribution in [0.4, 0.5) is 5.69 Å². The van der Waals surface area contributed by atoms with Gasteiger partial charge in [0.25, 0.3) is 0 Å². The first-order valence-electron chi connectivity index (χ1n) is 6.19. The number of nitrogens with zero attached hydrogens (tertiary/aromatic N) is 2. The molecular weight excluding hydrogens is 244 g/mol. The van der Waals surface area contributed by atoms with E-state index in [1.54, 1.807) is 29.0 Å². The standard InChI is InChI=1S/C14H20N2O3/c1-11(2)15(3)13(17)9-16(10-14(18)19)12-7-5-4-6-8-12/h4-8,11H,9-10H2,1-3H3,(H,18,19). The number of carbonyl (C=O) groups excluding carboxylic acids is 1. The summed E-state index contributed by atoms with van der Waals surface area (Å²) in [4.78, 5) is 26.1. The van der Waals surface area contributed by atoms with Gasteiger partial charge in [-0.15, -0.1) is 0 Å². The van der Waals surface area contributed by atoms with Crippen LogP contribution in [-0.2, 0) is 9.59 Å². The summed E-state index contributed by atoms with van der Waals surface area (Å²) >= 11 is 0. The molecule has 0 aliphatic heterocycles. The number of rotatable bonds is 6. The lowest BCUT2D eigenvalue weighted by Crippen LogP contribution is -2.43. The minimum absolute atomic E-state index is 0.0605. The van der Waals surface area contributed by atoms with E-state index >= 15 is 0 Å². The summed E-state index contributed by atoms with van der Waals surface area (Å²) in [6.45, 7) is 3.70. The van der Waals surface area contributed by atoms with Crippen molar-refractivity contribution in [1.29, 1.82) is 0 Å². The van der Waals surface area contributed by atoms with Crippen LogP contribution in [0.15, 0.2) is 30.3 Å². The highest BCUT2D eigenvalue weighted by Gasteiger charge is 2.18. The summed E-state index contributed by atoms with van der Waals surface area (Å²) in [5, 5.41) is 8.94. The third kappa shape index (κ3) is 4.62. The Bertz CT molecular complexity index is 432. The maximum atomic E-state index is 12.0. The molecule has 0 unspecified atom stereocenters. The van der Waals surface area contributed by atoms with Crippen LogP contribution in [0, 0.1) is 0 Å². The maximum Gasteiger partial charge on any atom is 0.323 e. The van der Waals surface area contributed by atoms with Crippen molar-refractivity contribution in [2.24, 2.45) is 0 Å². The summed E-state index contributed by atoms with van der Waals surface area (Å²) in [5.74, 6) is -1.05. The quantitative estimate of drug-likeness (QED) is 0.844. The van der Waals surface area contributed by atoms with Gasteiger partial charge in [-0.25, -0.2) is 0 Å². The normalized spacial score (nSPS) is 10.3. The van der Waals surface area contributed by atoms with E-state index in [0.717, 1.165) is 5.69 Å². The van der Waals surface area contributed by atoms with Gasteiger partial charge in [-0.1, -0.05) is 18.2 Å². The molecule has 5 nitrogen and oxygen atoms in total. The largest absolute Gasteiger partial charge is 0.480 e. The minimum atomic E-state index is -0.955. The molecule has 0 saturated carbocycles. The van der Waals surface area contributed by atoms with E-state index in [0.29, 0.717) is 0 Å². The molecule has 0 aromatic heterocycles. The Hall–Kier alpha value is -2.04. The molecule has 0 saturated heterocycles. The number of likely N-dealkylation sites (N-methyl/N-ethyl adjacent to an activating group) is 1. The van der Waals surface area contributed by atoms with E-state index < -0.39 is 5.97 Å². The second kappa shape index (κ2) is 6.78. The third-order valence-corrected chi connectivity index (χ3v) is 2.94. The van der Waals surface area contributed by atoms with Crippen molar-refractivity contribution < 1.29 is 14.7 Å². The van der Waals surface area contributed by atoms with Crippen LogP contribution >= 0.6 is 0 Å². The van der Waals surface area contributed by atoms with Gasteiger partial charge in [0.1, 0.15) is 6.54 Å². The molecule has 19 heavy (non-hydrogen) atoms. The SMILES string of the molecule is CC(C)N(C)C(=O)CN(CC(=O)O)c1ccccc1. The maximum absolute atomic E-state index is 12.0. The van der Waals surface area contributed by atoms with E-state index in [2.05, 4.69) is 0 Å². The Morgan fingerprint density at radius 3 is 2.21 bits per heavy atom. The van der Waals surface area contributed by atoms with Gasteiger partial charge in [-0.2, -0.15) is 0 Å². The number of benzene rings is 1. The number of anilines is 1. The van der Waals surface area contributed by atoms with Gasteiger partial charge in [0.15, 0.2) is 0 Å². The summed E-state index contributed by atoms with van der Waals surface area (Å²) in [6.07, 6.45) is 0. The summed E-state index contributed by atoms with van der Waals surface area (Å²) in [7, 11) is 1.72. The van der Waals surface area contributed by atoms with Gasteiger partial charge in [-0.3, -0.25) is 9.59 Å². The first-order valence-corrected chi connectivity index (χ1v) is 6.19. The Labute approximate surface area is 113 Å². The third-order valence-electron chi connectivity index (χ3n) is 2.94. The molecule has 0 radical (unpaired) electrons. The van der Waals surface area contributed by atoms with Crippen LogP contribution in [0.3, 0.4) is 0 Å². The highest BCUT2D eigenvalue weighted by Crippen LogP contribution is 2.13. The second-order valence-electron chi connectivity index (χ2n) is 4.68. The molecule has 104 valence electrons. The zero-order valence-electron chi connectivity index (χ0n) is 11.5. The number of carboxylic acids is 1. The Kier molecular flexibility index (Phi) is 5.36. The van der Waals surface area contributed by atoms with Crippen molar-refractivity contribution in [2.45, 2.75) is 19.9 Å². The van der Waals surface area contributed by atoms with Crippen LogP contribution in [0.1, 0.15) is 13.8 Å². The predicted molar refractivity (Wildman–Crippen MR) is 74.2 cm³/mol. The number of hydrogen-bond donors (Lipinski definition) is 1. The average Bonchev–Trinajstić information content (AvgIpc) is 2.37. The fourth-order valence-corrected chi connectivity index (χ4v) is 1.60. The van der Waals surface area contributed by atoms with E-state index in [4.69, 9.17) is 5.11 Å². The Balaban J connectivity index is 2.82. The van der Waals surface area contributed by atoms with Gasteiger partial charge >= 0.3 is 5.97 Å². The lowest BCUT2D eigenvalue weighted by atomic mass is 10.2. The van der Waals surface area contributed by atoms with Crippen molar-refractivity contribution in [3.05, 3.63) is 30.3 Å². The van der Waals surface area contributed by atoms with Crippen LogP contribution in [-0.4, -0.2) is 48.1 Å². The summed E-state index contributed by atoms with van der Waals surface area (Å²) < 4.78 is 0. The molecule has 0 aliphatic carbocycles. The first-order chi connectivity index (χ1) is 8.91. The zero-order valence-corrected chi connectivity index (χ0v) is 11.5. The monoisotopic (exact) mass is 264 g/mol. The van der Waals surface area contributed by atoms with Gasteiger partial charge in [-0.05, 0) is 26.0 Å². The van der Waals surface area contributed by atoms with E-state index in [1.165, 1.54) is 0 Å². The highest BCUT2D eigenvalue weighted by atomic mass is 16.4. The number of carboxylic acid groups (broad SMARTS) is 1. The number of carbonyl (C=O) groups is 2. The molecule has 1 aromatic rings. The molecule has 0 atom stereocenters. The fraction of sp³-hybridized carbons (Fsp3) is 0.429.